The van der Waals surface area contributed by atoms with Crippen molar-refractivity contribution < 1.29 is 5.11 Å². The minimum Gasteiger partial charge on any atom is -0.394 e. The lowest BCUT2D eigenvalue weighted by Gasteiger charge is -2.22. The first kappa shape index (κ1) is 15.9. The van der Waals surface area contributed by atoms with Crippen LogP contribution in [-0.2, 0) is 0 Å². The number of aliphatic hydroxyl groups is 1. The van der Waals surface area contributed by atoms with Gasteiger partial charge in [0.25, 0.3) is 0 Å². The number of unbranched alkanes of at least 4 members (excludes halogenated alkanes) is 1. The number of rotatable bonds is 9. The standard InChI is InChI=1S/C13H30N2O/c1-12(2)7-10-15(4)9-6-5-8-13(3,14)11-16/h12,16H,5-11,14H2,1-4H3. The third kappa shape index (κ3) is 9.13. The Morgan fingerprint density at radius 2 is 1.88 bits per heavy atom. The first-order valence-electron chi connectivity index (χ1n) is 6.45. The molecule has 3 nitrogen and oxygen atoms in total. The molecule has 0 aliphatic carbocycles. The molecule has 0 bridgehead atoms. The molecular weight excluding hydrogens is 200 g/mol. The molecule has 1 unspecified atom stereocenters. The van der Waals surface area contributed by atoms with E-state index in [4.69, 9.17) is 10.8 Å². The maximum atomic E-state index is 9.01. The quantitative estimate of drug-likeness (QED) is 0.594. The number of nitrogens with zero attached hydrogens (tertiary/aromatic N) is 1. The van der Waals surface area contributed by atoms with E-state index in [1.165, 1.54) is 19.4 Å². The topological polar surface area (TPSA) is 49.5 Å². The molecule has 0 amide bonds. The molecule has 0 fully saturated rings. The summed E-state index contributed by atoms with van der Waals surface area (Å²) >= 11 is 0. The van der Waals surface area contributed by atoms with Crippen LogP contribution < -0.4 is 5.73 Å². The molecule has 0 aliphatic heterocycles. The van der Waals surface area contributed by atoms with Crippen molar-refractivity contribution in [1.82, 2.24) is 4.90 Å². The molecule has 0 aromatic rings. The van der Waals surface area contributed by atoms with Crippen molar-refractivity contribution in [3.05, 3.63) is 0 Å². The van der Waals surface area contributed by atoms with Crippen LogP contribution in [0.2, 0.25) is 0 Å². The molecule has 0 saturated carbocycles. The van der Waals surface area contributed by atoms with Gasteiger partial charge in [-0.05, 0) is 52.2 Å². The molecule has 16 heavy (non-hydrogen) atoms. The lowest BCUT2D eigenvalue weighted by atomic mass is 9.97. The molecule has 3 N–H and O–H groups in total. The third-order valence-electron chi connectivity index (χ3n) is 2.99. The second-order valence-electron chi connectivity index (χ2n) is 5.76. The van der Waals surface area contributed by atoms with Gasteiger partial charge in [-0.2, -0.15) is 0 Å². The van der Waals surface area contributed by atoms with E-state index in [0.717, 1.165) is 25.3 Å². The highest BCUT2D eigenvalue weighted by molar-refractivity contribution is 4.76. The summed E-state index contributed by atoms with van der Waals surface area (Å²) in [6, 6.07) is 0. The molecule has 98 valence electrons. The van der Waals surface area contributed by atoms with Crippen LogP contribution in [0.25, 0.3) is 0 Å². The van der Waals surface area contributed by atoms with Gasteiger partial charge in [0.05, 0.1) is 6.61 Å². The Kier molecular flexibility index (Phi) is 7.98. The van der Waals surface area contributed by atoms with Gasteiger partial charge in [0.15, 0.2) is 0 Å². The molecule has 0 saturated heterocycles. The van der Waals surface area contributed by atoms with E-state index in [1.54, 1.807) is 0 Å². The Bertz CT molecular complexity index is 169. The summed E-state index contributed by atoms with van der Waals surface area (Å²) < 4.78 is 0. The molecule has 0 aliphatic rings. The minimum absolute atomic E-state index is 0.0796. The summed E-state index contributed by atoms with van der Waals surface area (Å²) in [5.74, 6) is 0.782. The SMILES string of the molecule is CC(C)CCN(C)CCCCC(C)(N)CO. The normalized spacial score (nSPS) is 15.8. The fourth-order valence-electron chi connectivity index (χ4n) is 1.58. The minimum atomic E-state index is -0.392. The zero-order chi connectivity index (χ0) is 12.6. The van der Waals surface area contributed by atoms with E-state index < -0.39 is 5.54 Å². The Balaban J connectivity index is 3.44. The summed E-state index contributed by atoms with van der Waals surface area (Å²) in [6.45, 7) is 8.82. The zero-order valence-corrected chi connectivity index (χ0v) is 11.5. The van der Waals surface area contributed by atoms with E-state index >= 15 is 0 Å². The van der Waals surface area contributed by atoms with Gasteiger partial charge in [0, 0.05) is 5.54 Å². The summed E-state index contributed by atoms with van der Waals surface area (Å²) in [7, 11) is 2.18. The van der Waals surface area contributed by atoms with Crippen LogP contribution in [0.15, 0.2) is 0 Å². The monoisotopic (exact) mass is 230 g/mol. The highest BCUT2D eigenvalue weighted by Gasteiger charge is 2.15. The first-order chi connectivity index (χ1) is 7.37. The van der Waals surface area contributed by atoms with Crippen LogP contribution in [0.3, 0.4) is 0 Å². The smallest absolute Gasteiger partial charge is 0.0608 e. The van der Waals surface area contributed by atoms with Crippen molar-refractivity contribution in [1.29, 1.82) is 0 Å². The molecule has 3 heteroatoms. The van der Waals surface area contributed by atoms with Crippen molar-refractivity contribution in [3.8, 4) is 0 Å². The van der Waals surface area contributed by atoms with Gasteiger partial charge in [0.1, 0.15) is 0 Å². The number of aliphatic hydroxyl groups excluding tert-OH is 1. The van der Waals surface area contributed by atoms with E-state index in [-0.39, 0.29) is 6.61 Å². The van der Waals surface area contributed by atoms with Crippen molar-refractivity contribution in [2.75, 3.05) is 26.7 Å². The maximum Gasteiger partial charge on any atom is 0.0608 e. The van der Waals surface area contributed by atoms with E-state index in [2.05, 4.69) is 25.8 Å². The highest BCUT2D eigenvalue weighted by atomic mass is 16.3. The third-order valence-corrected chi connectivity index (χ3v) is 2.99. The fourth-order valence-corrected chi connectivity index (χ4v) is 1.58. The molecule has 0 spiro atoms. The van der Waals surface area contributed by atoms with Gasteiger partial charge < -0.3 is 15.7 Å². The first-order valence-corrected chi connectivity index (χ1v) is 6.45. The molecule has 0 heterocycles. The van der Waals surface area contributed by atoms with Crippen LogP contribution in [-0.4, -0.2) is 42.3 Å². The lowest BCUT2D eigenvalue weighted by Crippen LogP contribution is -2.40. The Morgan fingerprint density at radius 3 is 2.38 bits per heavy atom. The maximum absolute atomic E-state index is 9.01. The van der Waals surface area contributed by atoms with Gasteiger partial charge in [0.2, 0.25) is 0 Å². The van der Waals surface area contributed by atoms with Gasteiger partial charge in [-0.3, -0.25) is 0 Å². The van der Waals surface area contributed by atoms with Crippen molar-refractivity contribution in [2.24, 2.45) is 11.7 Å². The van der Waals surface area contributed by atoms with Crippen LogP contribution in [0.1, 0.15) is 46.5 Å². The van der Waals surface area contributed by atoms with E-state index in [9.17, 15) is 0 Å². The molecule has 1 atom stereocenters. The van der Waals surface area contributed by atoms with Crippen LogP contribution in [0.4, 0.5) is 0 Å². The second-order valence-corrected chi connectivity index (χ2v) is 5.76. The second kappa shape index (κ2) is 8.04. The number of hydrogen-bond donors (Lipinski definition) is 2. The molecule has 0 radical (unpaired) electrons. The van der Waals surface area contributed by atoms with Gasteiger partial charge in [-0.25, -0.2) is 0 Å². The van der Waals surface area contributed by atoms with Crippen molar-refractivity contribution in [2.45, 2.75) is 52.0 Å². The summed E-state index contributed by atoms with van der Waals surface area (Å²) in [5, 5.41) is 9.01. The fraction of sp³-hybridized carbons (Fsp3) is 1.00. The highest BCUT2D eigenvalue weighted by Crippen LogP contribution is 2.10. The predicted octanol–water partition coefficient (Wildman–Crippen LogP) is 1.84. The largest absolute Gasteiger partial charge is 0.394 e. The van der Waals surface area contributed by atoms with Crippen LogP contribution in [0.5, 0.6) is 0 Å². The summed E-state index contributed by atoms with van der Waals surface area (Å²) in [5.41, 5.74) is 5.48. The number of hydrogen-bond acceptors (Lipinski definition) is 3. The molecule has 0 rings (SSSR count). The van der Waals surface area contributed by atoms with E-state index in [0.29, 0.717) is 0 Å². The van der Waals surface area contributed by atoms with Crippen molar-refractivity contribution >= 4 is 0 Å². The molecular formula is C13H30N2O. The molecule has 0 aromatic heterocycles. The average Bonchev–Trinajstić information content (AvgIpc) is 2.21. The summed E-state index contributed by atoms with van der Waals surface area (Å²) in [6.07, 6.45) is 4.43. The van der Waals surface area contributed by atoms with Crippen molar-refractivity contribution in [3.63, 3.8) is 0 Å². The molecule has 0 aromatic carbocycles. The lowest BCUT2D eigenvalue weighted by molar-refractivity contribution is 0.195. The van der Waals surface area contributed by atoms with Gasteiger partial charge in [-0.15, -0.1) is 0 Å². The summed E-state index contributed by atoms with van der Waals surface area (Å²) in [4.78, 5) is 2.38. The van der Waals surface area contributed by atoms with E-state index in [1.807, 2.05) is 6.92 Å². The zero-order valence-electron chi connectivity index (χ0n) is 11.5. The Hall–Kier alpha value is -0.120. The predicted molar refractivity (Wildman–Crippen MR) is 70.5 cm³/mol. The van der Waals surface area contributed by atoms with Crippen LogP contribution in [0, 0.1) is 5.92 Å². The number of nitrogens with two attached hydrogens (primary N) is 1. The Labute approximate surface area is 101 Å². The van der Waals surface area contributed by atoms with Crippen LogP contribution >= 0.6 is 0 Å². The average molecular weight is 230 g/mol. The van der Waals surface area contributed by atoms with Gasteiger partial charge >= 0.3 is 0 Å². The Morgan fingerprint density at radius 1 is 1.25 bits per heavy atom. The van der Waals surface area contributed by atoms with Gasteiger partial charge in [-0.1, -0.05) is 20.3 Å².